The zero-order valence-corrected chi connectivity index (χ0v) is 14.9. The molecule has 132 valence electrons. The number of fused-ring (bicyclic) bond motifs is 1. The van der Waals surface area contributed by atoms with E-state index in [9.17, 15) is 9.59 Å². The number of amides is 1. The largest absolute Gasteiger partial charge is 0.452 e. The van der Waals surface area contributed by atoms with E-state index < -0.39 is 12.1 Å². The van der Waals surface area contributed by atoms with Crippen molar-refractivity contribution in [3.8, 4) is 0 Å². The molecule has 0 spiro atoms. The molecule has 0 fully saturated rings. The second kappa shape index (κ2) is 6.70. The monoisotopic (exact) mass is 342 g/mol. The molecule has 0 N–H and O–H groups in total. The lowest BCUT2D eigenvalue weighted by molar-refractivity contribution is -0.153. The first-order valence-corrected chi connectivity index (χ1v) is 8.40. The first kappa shape index (κ1) is 17.2. The number of aromatic nitrogens is 1. The predicted molar refractivity (Wildman–Crippen MR) is 92.3 cm³/mol. The summed E-state index contributed by atoms with van der Waals surface area (Å²) in [5, 5.41) is 3.82. The van der Waals surface area contributed by atoms with Gasteiger partial charge in [-0.3, -0.25) is 9.59 Å². The van der Waals surface area contributed by atoms with Crippen molar-refractivity contribution in [3.05, 3.63) is 46.8 Å². The number of hydrogen-bond acceptors (Lipinski definition) is 5. The van der Waals surface area contributed by atoms with Crippen LogP contribution in [0.15, 0.2) is 28.8 Å². The van der Waals surface area contributed by atoms with E-state index in [-0.39, 0.29) is 18.4 Å². The Balaban J connectivity index is 1.68. The number of esters is 1. The van der Waals surface area contributed by atoms with Gasteiger partial charge in [-0.2, -0.15) is 0 Å². The van der Waals surface area contributed by atoms with Crippen LogP contribution < -0.4 is 4.90 Å². The fraction of sp³-hybridized carbons (Fsp3) is 0.421. The summed E-state index contributed by atoms with van der Waals surface area (Å²) in [5.41, 5.74) is 3.41. The van der Waals surface area contributed by atoms with E-state index in [4.69, 9.17) is 9.26 Å². The van der Waals surface area contributed by atoms with Gasteiger partial charge in [0.15, 0.2) is 6.10 Å². The number of anilines is 1. The van der Waals surface area contributed by atoms with Crippen LogP contribution in [0.4, 0.5) is 5.69 Å². The molecule has 0 radical (unpaired) electrons. The van der Waals surface area contributed by atoms with E-state index in [1.54, 1.807) is 25.7 Å². The zero-order valence-electron chi connectivity index (χ0n) is 14.9. The maximum atomic E-state index is 12.8. The summed E-state index contributed by atoms with van der Waals surface area (Å²) in [6.07, 6.45) is 0.00799. The zero-order chi connectivity index (χ0) is 18.1. The van der Waals surface area contributed by atoms with Gasteiger partial charge in [0.05, 0.1) is 12.1 Å². The molecule has 0 saturated heterocycles. The number of aryl methyl sites for hydroxylation is 2. The van der Waals surface area contributed by atoms with Gasteiger partial charge in [-0.25, -0.2) is 0 Å². The minimum absolute atomic E-state index is 0.0466. The summed E-state index contributed by atoms with van der Waals surface area (Å²) in [7, 11) is 0. The Labute approximate surface area is 146 Å². The van der Waals surface area contributed by atoms with Crippen molar-refractivity contribution in [1.82, 2.24) is 5.16 Å². The van der Waals surface area contributed by atoms with E-state index in [1.807, 2.05) is 31.2 Å². The highest BCUT2D eigenvalue weighted by atomic mass is 16.5. The van der Waals surface area contributed by atoms with Crippen LogP contribution in [0, 0.1) is 13.8 Å². The predicted octanol–water partition coefficient (Wildman–Crippen LogP) is 2.74. The summed E-state index contributed by atoms with van der Waals surface area (Å²) in [6, 6.07) is 7.87. The summed E-state index contributed by atoms with van der Waals surface area (Å²) in [5.74, 6) is -0.0736. The third kappa shape index (κ3) is 3.29. The minimum atomic E-state index is -0.846. The summed E-state index contributed by atoms with van der Waals surface area (Å²) in [4.78, 5) is 26.7. The highest BCUT2D eigenvalue weighted by Crippen LogP contribution is 2.32. The third-order valence-corrected chi connectivity index (χ3v) is 4.60. The van der Waals surface area contributed by atoms with Crippen LogP contribution in [0.1, 0.15) is 36.4 Å². The molecule has 2 atom stereocenters. The summed E-state index contributed by atoms with van der Waals surface area (Å²) >= 11 is 0. The van der Waals surface area contributed by atoms with Gasteiger partial charge in [0.1, 0.15) is 5.76 Å². The average molecular weight is 342 g/mol. The van der Waals surface area contributed by atoms with E-state index in [0.29, 0.717) is 17.0 Å². The molecule has 6 heteroatoms. The normalized spacial score (nSPS) is 17.3. The molecule has 0 unspecified atom stereocenters. The third-order valence-electron chi connectivity index (χ3n) is 4.60. The van der Waals surface area contributed by atoms with Crippen LogP contribution in [0.2, 0.25) is 0 Å². The van der Waals surface area contributed by atoms with E-state index >= 15 is 0 Å². The number of benzene rings is 1. The minimum Gasteiger partial charge on any atom is -0.452 e. The van der Waals surface area contributed by atoms with E-state index in [2.05, 4.69) is 5.16 Å². The summed E-state index contributed by atoms with van der Waals surface area (Å²) < 4.78 is 10.4. The fourth-order valence-electron chi connectivity index (χ4n) is 3.29. The van der Waals surface area contributed by atoms with Gasteiger partial charge >= 0.3 is 5.97 Å². The number of nitrogens with zero attached hydrogens (tertiary/aromatic N) is 2. The molecular weight excluding hydrogens is 320 g/mol. The Morgan fingerprint density at radius 2 is 2.08 bits per heavy atom. The molecule has 1 aromatic carbocycles. The maximum absolute atomic E-state index is 12.8. The van der Waals surface area contributed by atoms with Crippen LogP contribution in [-0.4, -0.2) is 29.2 Å². The van der Waals surface area contributed by atoms with Crippen molar-refractivity contribution in [2.24, 2.45) is 0 Å². The van der Waals surface area contributed by atoms with Crippen LogP contribution in [0.3, 0.4) is 0 Å². The topological polar surface area (TPSA) is 72.6 Å². The number of carbonyl (C=O) groups is 2. The number of para-hydroxylation sites is 1. The highest BCUT2D eigenvalue weighted by Gasteiger charge is 2.34. The van der Waals surface area contributed by atoms with Crippen LogP contribution in [0.5, 0.6) is 0 Å². The van der Waals surface area contributed by atoms with Gasteiger partial charge in [-0.05, 0) is 45.7 Å². The molecule has 0 bridgehead atoms. The molecule has 0 aliphatic carbocycles. The fourth-order valence-corrected chi connectivity index (χ4v) is 3.29. The molecule has 0 saturated carbocycles. The number of ether oxygens (including phenoxy) is 1. The number of carbonyl (C=O) groups excluding carboxylic acids is 2. The Morgan fingerprint density at radius 3 is 2.76 bits per heavy atom. The Bertz CT molecular complexity index is 792. The van der Waals surface area contributed by atoms with E-state index in [1.165, 1.54) is 0 Å². The van der Waals surface area contributed by atoms with E-state index in [0.717, 1.165) is 17.7 Å². The Kier molecular flexibility index (Phi) is 4.61. The Hall–Kier alpha value is -2.63. The highest BCUT2D eigenvalue weighted by molar-refractivity contribution is 5.99. The van der Waals surface area contributed by atoms with Gasteiger partial charge in [0.25, 0.3) is 5.91 Å². The first-order chi connectivity index (χ1) is 11.9. The number of rotatable bonds is 4. The molecule has 1 amide bonds. The molecule has 3 rings (SSSR count). The molecule has 1 aliphatic heterocycles. The van der Waals surface area contributed by atoms with Crippen molar-refractivity contribution < 1.29 is 18.8 Å². The quantitative estimate of drug-likeness (QED) is 0.799. The lowest BCUT2D eigenvalue weighted by Crippen LogP contribution is -2.43. The van der Waals surface area contributed by atoms with Gasteiger partial charge in [-0.15, -0.1) is 0 Å². The number of hydrogen-bond donors (Lipinski definition) is 0. The van der Waals surface area contributed by atoms with Crippen LogP contribution in [-0.2, 0) is 27.2 Å². The SMILES string of the molecule is Cc1noc(C)c1CC(=O)O[C@@H](C)C(=O)N1c2ccccc2C[C@@H]1C. The molecule has 2 heterocycles. The van der Waals surface area contributed by atoms with Crippen LogP contribution >= 0.6 is 0 Å². The standard InChI is InChI=1S/C19H22N2O4/c1-11-9-15-7-5-6-8-17(15)21(11)19(23)14(4)24-18(22)10-16-12(2)20-25-13(16)3/h5-8,11,14H,9-10H2,1-4H3/t11-,14-/m0/s1. The first-order valence-electron chi connectivity index (χ1n) is 8.40. The van der Waals surface area contributed by atoms with Gasteiger partial charge in [0, 0.05) is 17.3 Å². The van der Waals surface area contributed by atoms with Gasteiger partial charge in [0.2, 0.25) is 0 Å². The molecule has 6 nitrogen and oxygen atoms in total. The molecule has 2 aromatic rings. The maximum Gasteiger partial charge on any atom is 0.311 e. The second-order valence-electron chi connectivity index (χ2n) is 6.50. The lowest BCUT2D eigenvalue weighted by atomic mass is 10.1. The van der Waals surface area contributed by atoms with Crippen molar-refractivity contribution in [3.63, 3.8) is 0 Å². The van der Waals surface area contributed by atoms with Gasteiger partial charge in [-0.1, -0.05) is 23.4 Å². The Morgan fingerprint density at radius 1 is 1.36 bits per heavy atom. The molecule has 1 aliphatic rings. The molecular formula is C19H22N2O4. The molecule has 25 heavy (non-hydrogen) atoms. The van der Waals surface area contributed by atoms with Crippen molar-refractivity contribution in [1.29, 1.82) is 0 Å². The van der Waals surface area contributed by atoms with Crippen molar-refractivity contribution >= 4 is 17.6 Å². The van der Waals surface area contributed by atoms with Crippen molar-refractivity contribution in [2.45, 2.75) is 52.7 Å². The van der Waals surface area contributed by atoms with Crippen molar-refractivity contribution in [2.75, 3.05) is 4.90 Å². The smallest absolute Gasteiger partial charge is 0.311 e. The van der Waals surface area contributed by atoms with Crippen LogP contribution in [0.25, 0.3) is 0 Å². The summed E-state index contributed by atoms with van der Waals surface area (Å²) in [6.45, 7) is 7.13. The second-order valence-corrected chi connectivity index (χ2v) is 6.50. The van der Waals surface area contributed by atoms with Gasteiger partial charge < -0.3 is 14.2 Å². The molecule has 1 aromatic heterocycles. The lowest BCUT2D eigenvalue weighted by Gasteiger charge is -2.25. The average Bonchev–Trinajstić information content (AvgIpc) is 3.07.